The van der Waals surface area contributed by atoms with Crippen LogP contribution >= 0.6 is 0 Å². The first-order valence-electron chi connectivity index (χ1n) is 3.35. The van der Waals surface area contributed by atoms with Crippen LogP contribution in [0.2, 0.25) is 0 Å². The van der Waals surface area contributed by atoms with Crippen molar-refractivity contribution in [3.8, 4) is 0 Å². The van der Waals surface area contributed by atoms with Gasteiger partial charge in [-0.15, -0.1) is 10.2 Å². The van der Waals surface area contributed by atoms with Gasteiger partial charge in [0.05, 0.1) is 0 Å². The molecule has 0 aliphatic rings. The van der Waals surface area contributed by atoms with E-state index in [-0.39, 0.29) is 0 Å². The molecule has 2 N–H and O–H groups in total. The van der Waals surface area contributed by atoms with Gasteiger partial charge < -0.3 is 4.74 Å². The van der Waals surface area contributed by atoms with Gasteiger partial charge in [-0.05, 0) is 13.8 Å². The molecule has 0 heterocycles. The van der Waals surface area contributed by atoms with E-state index in [9.17, 15) is 0 Å². The number of methoxy groups -OCH3 is 1. The molecule has 0 amide bonds. The summed E-state index contributed by atoms with van der Waals surface area (Å²) in [5, 5.41) is 2.63. The van der Waals surface area contributed by atoms with Crippen molar-refractivity contribution < 1.29 is 9.68 Å². The number of hydrogen-bond donors (Lipinski definition) is 1. The van der Waals surface area contributed by atoms with E-state index in [1.807, 2.05) is 13.8 Å². The van der Waals surface area contributed by atoms with Crippen molar-refractivity contribution in [3.05, 3.63) is 0 Å². The van der Waals surface area contributed by atoms with Crippen molar-refractivity contribution in [3.63, 3.8) is 0 Å². The molecular formula is C6H17N3O2. The highest BCUT2D eigenvalue weighted by Crippen LogP contribution is 2.12. The minimum absolute atomic E-state index is 0.479. The number of ether oxygens (including phenoxy) is 1. The summed E-state index contributed by atoms with van der Waals surface area (Å²) in [6, 6.07) is 0. The normalized spacial score (nSPS) is 13.1. The largest absolute Gasteiger partial charge is 0.362 e. The van der Waals surface area contributed by atoms with E-state index in [0.717, 1.165) is 5.17 Å². The molecular weight excluding hydrogens is 146 g/mol. The van der Waals surface area contributed by atoms with Gasteiger partial charge in [0.1, 0.15) is 5.72 Å². The van der Waals surface area contributed by atoms with Gasteiger partial charge >= 0.3 is 0 Å². The third kappa shape index (κ3) is 3.64. The molecule has 0 atom stereocenters. The molecule has 0 aromatic heterocycles. The summed E-state index contributed by atoms with van der Waals surface area (Å²) in [5.41, 5.74) is -0.479. The number of hydrogen-bond acceptors (Lipinski definition) is 5. The Morgan fingerprint density at radius 2 is 1.73 bits per heavy atom. The summed E-state index contributed by atoms with van der Waals surface area (Å²) >= 11 is 0. The molecule has 0 bridgehead atoms. The number of hydroxylamine groups is 3. The monoisotopic (exact) mass is 163 g/mol. The van der Waals surface area contributed by atoms with E-state index >= 15 is 0 Å². The van der Waals surface area contributed by atoms with Gasteiger partial charge in [0.25, 0.3) is 0 Å². The van der Waals surface area contributed by atoms with Gasteiger partial charge in [-0.2, -0.15) is 4.94 Å². The van der Waals surface area contributed by atoms with Crippen LogP contribution in [-0.4, -0.2) is 37.2 Å². The summed E-state index contributed by atoms with van der Waals surface area (Å²) in [6.07, 6.45) is 0. The molecule has 5 heteroatoms. The summed E-state index contributed by atoms with van der Waals surface area (Å²) in [5.74, 6) is 5.26. The summed E-state index contributed by atoms with van der Waals surface area (Å²) < 4.78 is 5.12. The number of nitrogens with zero attached hydrogens (tertiary/aromatic N) is 2. The molecule has 0 rings (SSSR count). The van der Waals surface area contributed by atoms with E-state index in [1.165, 1.54) is 5.06 Å². The zero-order valence-corrected chi connectivity index (χ0v) is 7.79. The van der Waals surface area contributed by atoms with Crippen LogP contribution in [-0.2, 0) is 9.68 Å². The second-order valence-electron chi connectivity index (χ2n) is 2.78. The predicted octanol–water partition coefficient (Wildman–Crippen LogP) is -0.0472. The smallest absolute Gasteiger partial charge is 0.139 e. The first kappa shape index (κ1) is 10.8. The fourth-order valence-electron chi connectivity index (χ4n) is 0.420. The molecule has 0 aliphatic carbocycles. The molecule has 0 saturated carbocycles. The van der Waals surface area contributed by atoms with Crippen LogP contribution < -0.4 is 5.84 Å². The average molecular weight is 163 g/mol. The molecule has 0 aromatic rings. The highest BCUT2D eigenvalue weighted by atomic mass is 16.9. The number of nitrogens with two attached hydrogens (primary N) is 1. The van der Waals surface area contributed by atoms with Gasteiger partial charge in [-0.25, -0.2) is 5.84 Å². The van der Waals surface area contributed by atoms with Gasteiger partial charge in [0, 0.05) is 21.2 Å². The van der Waals surface area contributed by atoms with Crippen LogP contribution in [0.25, 0.3) is 0 Å². The Morgan fingerprint density at radius 1 is 1.27 bits per heavy atom. The van der Waals surface area contributed by atoms with Gasteiger partial charge in [-0.3, -0.25) is 0 Å². The Bertz CT molecular complexity index is 116. The van der Waals surface area contributed by atoms with Gasteiger partial charge in [0.2, 0.25) is 0 Å². The van der Waals surface area contributed by atoms with Crippen molar-refractivity contribution in [1.82, 2.24) is 10.2 Å². The van der Waals surface area contributed by atoms with E-state index in [1.54, 1.807) is 21.2 Å². The van der Waals surface area contributed by atoms with E-state index < -0.39 is 5.72 Å². The molecule has 68 valence electrons. The molecule has 0 aliphatic heterocycles. The van der Waals surface area contributed by atoms with Crippen LogP contribution in [0.4, 0.5) is 0 Å². The third-order valence-corrected chi connectivity index (χ3v) is 1.51. The van der Waals surface area contributed by atoms with Gasteiger partial charge in [0.15, 0.2) is 0 Å². The van der Waals surface area contributed by atoms with Crippen molar-refractivity contribution in [1.29, 1.82) is 0 Å². The van der Waals surface area contributed by atoms with Crippen LogP contribution in [0.15, 0.2) is 0 Å². The Hall–Kier alpha value is -0.200. The van der Waals surface area contributed by atoms with Crippen molar-refractivity contribution in [2.75, 3.05) is 21.2 Å². The minimum Gasteiger partial charge on any atom is -0.362 e. The van der Waals surface area contributed by atoms with E-state index in [4.69, 9.17) is 15.5 Å². The lowest BCUT2D eigenvalue weighted by Gasteiger charge is -2.33. The number of rotatable bonds is 4. The van der Waals surface area contributed by atoms with E-state index in [2.05, 4.69) is 0 Å². The zero-order valence-electron chi connectivity index (χ0n) is 7.79. The molecule has 0 aromatic carbocycles. The summed E-state index contributed by atoms with van der Waals surface area (Å²) in [6.45, 7) is 3.74. The fourth-order valence-corrected chi connectivity index (χ4v) is 0.420. The maximum absolute atomic E-state index is 5.26. The van der Waals surface area contributed by atoms with Crippen LogP contribution in [0.5, 0.6) is 0 Å². The molecule has 5 nitrogen and oxygen atoms in total. The molecule has 0 radical (unpaired) electrons. The summed E-state index contributed by atoms with van der Waals surface area (Å²) in [4.78, 5) is 5.03. The fraction of sp³-hybridized carbons (Fsp3) is 1.00. The molecule has 11 heavy (non-hydrogen) atoms. The Labute approximate surface area is 67.5 Å². The lowest BCUT2D eigenvalue weighted by molar-refractivity contribution is -0.376. The first-order chi connectivity index (χ1) is 4.90. The zero-order chi connectivity index (χ0) is 9.07. The third-order valence-electron chi connectivity index (χ3n) is 1.51. The Balaban J connectivity index is 3.90. The second-order valence-corrected chi connectivity index (χ2v) is 2.78. The SMILES string of the molecule is COC(C)(C)N(C)ON(C)N. The Morgan fingerprint density at radius 3 is 2.00 bits per heavy atom. The average Bonchev–Trinajstić information content (AvgIpc) is 1.86. The van der Waals surface area contributed by atoms with Crippen LogP contribution in [0, 0.1) is 0 Å². The van der Waals surface area contributed by atoms with Crippen molar-refractivity contribution in [2.45, 2.75) is 19.6 Å². The number of hydrazine groups is 1. The highest BCUT2D eigenvalue weighted by molar-refractivity contribution is 4.58. The Kier molecular flexibility index (Phi) is 3.91. The molecule has 0 unspecified atom stereocenters. The van der Waals surface area contributed by atoms with Crippen LogP contribution in [0.1, 0.15) is 13.8 Å². The first-order valence-corrected chi connectivity index (χ1v) is 3.35. The lowest BCUT2D eigenvalue weighted by atomic mass is 10.3. The molecule has 0 fully saturated rings. The van der Waals surface area contributed by atoms with E-state index in [0.29, 0.717) is 0 Å². The maximum Gasteiger partial charge on any atom is 0.139 e. The molecule has 0 saturated heterocycles. The lowest BCUT2D eigenvalue weighted by Crippen LogP contribution is -2.47. The minimum atomic E-state index is -0.479. The topological polar surface area (TPSA) is 51.0 Å². The standard InChI is InChI=1S/C6H17N3O2/c1-6(2,10-5)8(3)11-9(4)7/h7H2,1-5H3. The van der Waals surface area contributed by atoms with Gasteiger partial charge in [-0.1, -0.05) is 0 Å². The van der Waals surface area contributed by atoms with Crippen molar-refractivity contribution >= 4 is 0 Å². The van der Waals surface area contributed by atoms with Crippen molar-refractivity contribution in [2.24, 2.45) is 5.84 Å². The predicted molar refractivity (Wildman–Crippen MR) is 41.9 cm³/mol. The summed E-state index contributed by atoms with van der Waals surface area (Å²) in [7, 11) is 4.95. The van der Waals surface area contributed by atoms with Crippen LogP contribution in [0.3, 0.4) is 0 Å². The highest BCUT2D eigenvalue weighted by Gasteiger charge is 2.24. The molecule has 0 spiro atoms. The quantitative estimate of drug-likeness (QED) is 0.358. The maximum atomic E-state index is 5.26. The second kappa shape index (κ2) is 3.99.